The zero-order valence-electron chi connectivity index (χ0n) is 13.3. The van der Waals surface area contributed by atoms with Gasteiger partial charge in [-0.3, -0.25) is 0 Å². The minimum atomic E-state index is -0.263. The normalized spacial score (nSPS) is 31.3. The van der Waals surface area contributed by atoms with E-state index in [2.05, 4.69) is 34.3 Å². The smallest absolute Gasteiger partial charge is 0.400 e. The van der Waals surface area contributed by atoms with E-state index in [0.717, 1.165) is 18.7 Å². The summed E-state index contributed by atoms with van der Waals surface area (Å²) in [5.41, 5.74) is 1.14. The van der Waals surface area contributed by atoms with Gasteiger partial charge in [-0.1, -0.05) is 0 Å². The van der Waals surface area contributed by atoms with Crippen molar-refractivity contribution in [3.63, 3.8) is 0 Å². The lowest BCUT2D eigenvalue weighted by atomic mass is 9.52. The second-order valence-electron chi connectivity index (χ2n) is 7.88. The fraction of sp³-hybridized carbons (Fsp3) is 0.875. The van der Waals surface area contributed by atoms with E-state index in [4.69, 9.17) is 14.0 Å². The summed E-state index contributed by atoms with van der Waals surface area (Å²) in [5, 5.41) is 0. The van der Waals surface area contributed by atoms with Gasteiger partial charge in [0.1, 0.15) is 0 Å². The van der Waals surface area contributed by atoms with Crippen molar-refractivity contribution >= 4 is 7.12 Å². The molecule has 3 nitrogen and oxygen atoms in total. The van der Waals surface area contributed by atoms with Gasteiger partial charge >= 0.3 is 7.12 Å². The highest BCUT2D eigenvalue weighted by Crippen LogP contribution is 2.55. The lowest BCUT2D eigenvalue weighted by Gasteiger charge is -2.51. The van der Waals surface area contributed by atoms with Crippen LogP contribution in [0.4, 0.5) is 0 Å². The fourth-order valence-electron chi connectivity index (χ4n) is 3.65. The first-order valence-electron chi connectivity index (χ1n) is 7.87. The molecule has 4 heteroatoms. The van der Waals surface area contributed by atoms with Crippen LogP contribution in [0.5, 0.6) is 0 Å². The highest BCUT2D eigenvalue weighted by molar-refractivity contribution is 6.54. The Morgan fingerprint density at radius 2 is 1.50 bits per heavy atom. The van der Waals surface area contributed by atoms with Gasteiger partial charge in [0.05, 0.1) is 11.2 Å². The quantitative estimate of drug-likeness (QED) is 0.725. The van der Waals surface area contributed by atoms with Gasteiger partial charge in [0.2, 0.25) is 0 Å². The maximum atomic E-state index is 6.11. The van der Waals surface area contributed by atoms with Crippen LogP contribution in [-0.2, 0) is 14.0 Å². The molecule has 0 aromatic rings. The van der Waals surface area contributed by atoms with E-state index < -0.39 is 0 Å². The van der Waals surface area contributed by atoms with Gasteiger partial charge in [-0.25, -0.2) is 0 Å². The number of hydrogen-bond acceptors (Lipinski definition) is 3. The SMILES string of the molecule is C=C(B1OC(C)(C)C(C)(C)O1)C1CC2(CCOCC2)C1. The van der Waals surface area contributed by atoms with E-state index in [0.29, 0.717) is 11.3 Å². The molecule has 0 radical (unpaired) electrons. The predicted octanol–water partition coefficient (Wildman–Crippen LogP) is 3.38. The number of rotatable bonds is 2. The molecule has 1 aliphatic carbocycles. The van der Waals surface area contributed by atoms with Crippen LogP contribution in [0.25, 0.3) is 0 Å². The first-order chi connectivity index (χ1) is 9.25. The van der Waals surface area contributed by atoms with Crippen LogP contribution >= 0.6 is 0 Å². The first kappa shape index (κ1) is 14.6. The molecule has 3 fully saturated rings. The van der Waals surface area contributed by atoms with Crippen LogP contribution < -0.4 is 0 Å². The molecule has 0 aromatic carbocycles. The molecule has 3 aliphatic rings. The molecule has 0 amide bonds. The molecule has 0 atom stereocenters. The minimum Gasteiger partial charge on any atom is -0.400 e. The van der Waals surface area contributed by atoms with Crippen molar-refractivity contribution < 1.29 is 14.0 Å². The molecule has 2 heterocycles. The van der Waals surface area contributed by atoms with Crippen molar-refractivity contribution in [2.75, 3.05) is 13.2 Å². The molecule has 3 rings (SSSR count). The van der Waals surface area contributed by atoms with E-state index in [1.54, 1.807) is 0 Å². The molecule has 0 N–H and O–H groups in total. The van der Waals surface area contributed by atoms with Gasteiger partial charge in [-0.15, -0.1) is 6.58 Å². The molecule has 2 aliphatic heterocycles. The largest absolute Gasteiger partial charge is 0.490 e. The molecule has 1 spiro atoms. The van der Waals surface area contributed by atoms with Gasteiger partial charge < -0.3 is 14.0 Å². The maximum Gasteiger partial charge on any atom is 0.490 e. The van der Waals surface area contributed by atoms with Crippen molar-refractivity contribution in [2.24, 2.45) is 11.3 Å². The van der Waals surface area contributed by atoms with Crippen molar-refractivity contribution in [1.29, 1.82) is 0 Å². The summed E-state index contributed by atoms with van der Waals surface area (Å²) in [5.74, 6) is 0.558. The Balaban J connectivity index is 1.59. The van der Waals surface area contributed by atoms with E-state index >= 15 is 0 Å². The summed E-state index contributed by atoms with van der Waals surface area (Å²) in [6.45, 7) is 14.5. The van der Waals surface area contributed by atoms with Gasteiger partial charge in [0.15, 0.2) is 0 Å². The van der Waals surface area contributed by atoms with Crippen molar-refractivity contribution in [3.8, 4) is 0 Å². The maximum absolute atomic E-state index is 6.11. The van der Waals surface area contributed by atoms with Gasteiger partial charge in [0, 0.05) is 13.2 Å². The number of hydrogen-bond donors (Lipinski definition) is 0. The highest BCUT2D eigenvalue weighted by atomic mass is 16.7. The molecule has 0 aromatic heterocycles. The van der Waals surface area contributed by atoms with E-state index in [1.165, 1.54) is 25.7 Å². The number of allylic oxidation sites excluding steroid dienone is 1. The molecule has 112 valence electrons. The lowest BCUT2D eigenvalue weighted by Crippen LogP contribution is -2.44. The van der Waals surface area contributed by atoms with Crippen LogP contribution in [0.2, 0.25) is 0 Å². The van der Waals surface area contributed by atoms with Crippen LogP contribution in [0.3, 0.4) is 0 Å². The Morgan fingerprint density at radius 3 is 2.00 bits per heavy atom. The Bertz CT molecular complexity index is 386. The van der Waals surface area contributed by atoms with Crippen molar-refractivity contribution in [1.82, 2.24) is 0 Å². The molecule has 20 heavy (non-hydrogen) atoms. The number of ether oxygens (including phenoxy) is 1. The Labute approximate surface area is 123 Å². The molecular formula is C16H27BO3. The summed E-state index contributed by atoms with van der Waals surface area (Å²) >= 11 is 0. The third-order valence-electron chi connectivity index (χ3n) is 5.99. The molecular weight excluding hydrogens is 251 g/mol. The summed E-state index contributed by atoms with van der Waals surface area (Å²) in [7, 11) is -0.234. The molecule has 0 unspecified atom stereocenters. The summed E-state index contributed by atoms with van der Waals surface area (Å²) < 4.78 is 17.7. The Kier molecular flexibility index (Phi) is 3.35. The summed E-state index contributed by atoms with van der Waals surface area (Å²) in [6.07, 6.45) is 4.89. The zero-order chi connectivity index (χ0) is 14.6. The lowest BCUT2D eigenvalue weighted by molar-refractivity contribution is -0.0489. The van der Waals surface area contributed by atoms with E-state index in [9.17, 15) is 0 Å². The third kappa shape index (κ3) is 2.26. The Hall–Kier alpha value is -0.315. The average Bonchev–Trinajstić information content (AvgIpc) is 2.55. The molecule has 2 saturated heterocycles. The minimum absolute atomic E-state index is 0.234. The summed E-state index contributed by atoms with van der Waals surface area (Å²) in [4.78, 5) is 0. The second kappa shape index (κ2) is 4.59. The van der Waals surface area contributed by atoms with Gasteiger partial charge in [0.25, 0.3) is 0 Å². The molecule has 0 bridgehead atoms. The second-order valence-corrected chi connectivity index (χ2v) is 7.88. The Morgan fingerprint density at radius 1 is 1.00 bits per heavy atom. The van der Waals surface area contributed by atoms with Crippen LogP contribution in [0.1, 0.15) is 53.4 Å². The topological polar surface area (TPSA) is 27.7 Å². The van der Waals surface area contributed by atoms with Gasteiger partial charge in [-0.2, -0.15) is 0 Å². The average molecular weight is 278 g/mol. The van der Waals surface area contributed by atoms with E-state index in [-0.39, 0.29) is 18.3 Å². The van der Waals surface area contributed by atoms with E-state index in [1.807, 2.05) is 0 Å². The predicted molar refractivity (Wildman–Crippen MR) is 80.4 cm³/mol. The van der Waals surface area contributed by atoms with Crippen molar-refractivity contribution in [3.05, 3.63) is 12.1 Å². The van der Waals surface area contributed by atoms with Crippen LogP contribution in [0, 0.1) is 11.3 Å². The monoisotopic (exact) mass is 278 g/mol. The first-order valence-corrected chi connectivity index (χ1v) is 7.87. The van der Waals surface area contributed by atoms with Crippen LogP contribution in [0.15, 0.2) is 12.1 Å². The third-order valence-corrected chi connectivity index (χ3v) is 5.99. The fourth-order valence-corrected chi connectivity index (χ4v) is 3.65. The van der Waals surface area contributed by atoms with Crippen LogP contribution in [-0.4, -0.2) is 31.5 Å². The zero-order valence-corrected chi connectivity index (χ0v) is 13.3. The van der Waals surface area contributed by atoms with Gasteiger partial charge in [-0.05, 0) is 70.2 Å². The summed E-state index contributed by atoms with van der Waals surface area (Å²) in [6, 6.07) is 0. The standard InChI is InChI=1S/C16H27BO3/c1-12(17-19-14(2,3)15(4,5)20-17)13-10-16(11-13)6-8-18-9-7-16/h13H,1,6-11H2,2-5H3. The highest BCUT2D eigenvalue weighted by Gasteiger charge is 2.55. The van der Waals surface area contributed by atoms with Crippen molar-refractivity contribution in [2.45, 2.75) is 64.6 Å². The molecule has 1 saturated carbocycles.